The van der Waals surface area contributed by atoms with Crippen molar-refractivity contribution < 1.29 is 9.59 Å². The fraction of sp³-hybridized carbons (Fsp3) is 0.267. The van der Waals surface area contributed by atoms with Gasteiger partial charge in [0.05, 0.1) is 21.4 Å². The molecule has 0 saturated carbocycles. The van der Waals surface area contributed by atoms with Crippen LogP contribution < -0.4 is 10.6 Å². The number of carbonyl (C=O) groups is 2. The molecule has 2 N–H and O–H groups in total. The van der Waals surface area contributed by atoms with Crippen LogP contribution in [0.5, 0.6) is 0 Å². The Morgan fingerprint density at radius 1 is 1.28 bits per heavy atom. The third-order valence-electron chi connectivity index (χ3n) is 3.26. The van der Waals surface area contributed by atoms with Gasteiger partial charge in [-0.1, -0.05) is 5.21 Å². The maximum Gasteiger partial charge on any atom is 0.322 e. The van der Waals surface area contributed by atoms with E-state index in [1.807, 2.05) is 25.1 Å². The van der Waals surface area contributed by atoms with E-state index in [-0.39, 0.29) is 24.3 Å². The molecule has 10 heteroatoms. The van der Waals surface area contributed by atoms with Gasteiger partial charge in [0.25, 0.3) is 0 Å². The summed E-state index contributed by atoms with van der Waals surface area (Å²) >= 11 is 1.57. The highest BCUT2D eigenvalue weighted by Gasteiger charge is 2.10. The third-order valence-corrected chi connectivity index (χ3v) is 4.20. The number of amides is 3. The van der Waals surface area contributed by atoms with Crippen molar-refractivity contribution >= 4 is 45.0 Å². The zero-order valence-corrected chi connectivity index (χ0v) is 14.8. The second-order valence-corrected chi connectivity index (χ2v) is 6.82. The number of anilines is 2. The van der Waals surface area contributed by atoms with Crippen LogP contribution in [0.1, 0.15) is 5.01 Å². The SMILES string of the molecule is Cc1nc2ccc(NC(=O)Cn3cc(NC(=O)N(C)C)nn3)cc2s1. The lowest BCUT2D eigenvalue weighted by Crippen LogP contribution is -2.27. The first-order valence-corrected chi connectivity index (χ1v) is 8.28. The van der Waals surface area contributed by atoms with Crippen molar-refractivity contribution in [2.75, 3.05) is 24.7 Å². The normalized spacial score (nSPS) is 10.7. The lowest BCUT2D eigenvalue weighted by molar-refractivity contribution is -0.116. The van der Waals surface area contributed by atoms with Crippen molar-refractivity contribution in [3.05, 3.63) is 29.4 Å². The number of hydrogen-bond donors (Lipinski definition) is 2. The molecule has 3 amide bonds. The van der Waals surface area contributed by atoms with Gasteiger partial charge in [0, 0.05) is 19.8 Å². The predicted octanol–water partition coefficient (Wildman–Crippen LogP) is 1.93. The molecule has 0 unspecified atom stereocenters. The Hall–Kier alpha value is -3.01. The minimum Gasteiger partial charge on any atom is -0.331 e. The van der Waals surface area contributed by atoms with Crippen LogP contribution in [-0.2, 0) is 11.3 Å². The number of aromatic nitrogens is 4. The van der Waals surface area contributed by atoms with Crippen LogP contribution in [0.15, 0.2) is 24.4 Å². The first-order valence-electron chi connectivity index (χ1n) is 7.46. The largest absolute Gasteiger partial charge is 0.331 e. The van der Waals surface area contributed by atoms with E-state index in [1.54, 1.807) is 25.4 Å². The van der Waals surface area contributed by atoms with Crippen LogP contribution in [0.25, 0.3) is 10.2 Å². The van der Waals surface area contributed by atoms with E-state index in [0.717, 1.165) is 15.2 Å². The molecule has 0 spiro atoms. The summed E-state index contributed by atoms with van der Waals surface area (Å²) < 4.78 is 2.38. The van der Waals surface area contributed by atoms with E-state index >= 15 is 0 Å². The summed E-state index contributed by atoms with van der Waals surface area (Å²) in [6.45, 7) is 1.94. The predicted molar refractivity (Wildman–Crippen MR) is 95.7 cm³/mol. The number of nitrogens with one attached hydrogen (secondary N) is 2. The van der Waals surface area contributed by atoms with Gasteiger partial charge in [0.15, 0.2) is 5.82 Å². The molecule has 130 valence electrons. The first-order chi connectivity index (χ1) is 11.9. The van der Waals surface area contributed by atoms with Crippen molar-refractivity contribution in [1.82, 2.24) is 24.9 Å². The number of nitrogens with zero attached hydrogens (tertiary/aromatic N) is 5. The molecule has 25 heavy (non-hydrogen) atoms. The number of thiazole rings is 1. The standard InChI is InChI=1S/C15H17N7O2S/c1-9-16-11-5-4-10(6-12(11)25-9)17-14(23)8-22-7-13(19-20-22)18-15(24)21(2)3/h4-7H,8H2,1-3H3,(H,17,23)(H,18,24). The Balaban J connectivity index is 1.61. The van der Waals surface area contributed by atoms with E-state index in [2.05, 4.69) is 25.9 Å². The van der Waals surface area contributed by atoms with Gasteiger partial charge in [0.1, 0.15) is 6.54 Å². The van der Waals surface area contributed by atoms with Crippen molar-refractivity contribution in [2.45, 2.75) is 13.5 Å². The van der Waals surface area contributed by atoms with Crippen molar-refractivity contribution in [3.63, 3.8) is 0 Å². The fourth-order valence-corrected chi connectivity index (χ4v) is 2.99. The average Bonchev–Trinajstić information content (AvgIpc) is 3.11. The molecule has 0 aliphatic heterocycles. The maximum atomic E-state index is 12.2. The first kappa shape index (κ1) is 16.8. The number of fused-ring (bicyclic) bond motifs is 1. The number of hydrogen-bond acceptors (Lipinski definition) is 6. The van der Waals surface area contributed by atoms with Crippen LogP contribution in [-0.4, -0.2) is 50.9 Å². The van der Waals surface area contributed by atoms with E-state index in [0.29, 0.717) is 5.69 Å². The molecule has 3 aromatic rings. The third kappa shape index (κ3) is 4.10. The molecule has 0 aliphatic rings. The van der Waals surface area contributed by atoms with Gasteiger partial charge in [-0.2, -0.15) is 0 Å². The molecule has 2 heterocycles. The van der Waals surface area contributed by atoms with Crippen LogP contribution in [0.2, 0.25) is 0 Å². The highest BCUT2D eigenvalue weighted by atomic mass is 32.1. The Bertz CT molecular complexity index is 931. The van der Waals surface area contributed by atoms with E-state index in [4.69, 9.17) is 0 Å². The molecule has 0 saturated heterocycles. The Kier molecular flexibility index (Phi) is 4.61. The molecule has 0 bridgehead atoms. The summed E-state index contributed by atoms with van der Waals surface area (Å²) in [5.74, 6) is 0.0454. The lowest BCUT2D eigenvalue weighted by atomic mass is 10.3. The topological polar surface area (TPSA) is 105 Å². The summed E-state index contributed by atoms with van der Waals surface area (Å²) in [6.07, 6.45) is 1.50. The molecular weight excluding hydrogens is 342 g/mol. The van der Waals surface area contributed by atoms with Gasteiger partial charge in [-0.3, -0.25) is 10.1 Å². The molecule has 2 aromatic heterocycles. The molecule has 0 fully saturated rings. The summed E-state index contributed by atoms with van der Waals surface area (Å²) in [7, 11) is 3.24. The highest BCUT2D eigenvalue weighted by Crippen LogP contribution is 2.24. The van der Waals surface area contributed by atoms with E-state index in [9.17, 15) is 9.59 Å². The Morgan fingerprint density at radius 2 is 2.08 bits per heavy atom. The van der Waals surface area contributed by atoms with E-state index < -0.39 is 0 Å². The second kappa shape index (κ2) is 6.85. The average molecular weight is 359 g/mol. The molecular formula is C15H17N7O2S. The summed E-state index contributed by atoms with van der Waals surface area (Å²) in [5, 5.41) is 14.0. The molecule has 9 nitrogen and oxygen atoms in total. The number of urea groups is 1. The molecule has 1 aromatic carbocycles. The summed E-state index contributed by atoms with van der Waals surface area (Å²) in [5.41, 5.74) is 1.61. The molecule has 0 atom stereocenters. The van der Waals surface area contributed by atoms with Crippen LogP contribution in [0, 0.1) is 6.92 Å². The van der Waals surface area contributed by atoms with Crippen molar-refractivity contribution in [1.29, 1.82) is 0 Å². The maximum absolute atomic E-state index is 12.2. The van der Waals surface area contributed by atoms with Crippen molar-refractivity contribution in [2.24, 2.45) is 0 Å². The smallest absolute Gasteiger partial charge is 0.322 e. The minimum atomic E-state index is -0.315. The number of rotatable bonds is 4. The van der Waals surface area contributed by atoms with Gasteiger partial charge in [0.2, 0.25) is 5.91 Å². The van der Waals surface area contributed by atoms with Crippen LogP contribution in [0.4, 0.5) is 16.3 Å². The second-order valence-electron chi connectivity index (χ2n) is 5.59. The number of aryl methyl sites for hydroxylation is 1. The fourth-order valence-electron chi connectivity index (χ4n) is 2.12. The Labute approximate surface area is 147 Å². The van der Waals surface area contributed by atoms with Crippen LogP contribution >= 0.6 is 11.3 Å². The molecule has 0 aliphatic carbocycles. The summed E-state index contributed by atoms with van der Waals surface area (Å²) in [6, 6.07) is 5.26. The number of benzene rings is 1. The Morgan fingerprint density at radius 3 is 2.84 bits per heavy atom. The highest BCUT2D eigenvalue weighted by molar-refractivity contribution is 7.18. The van der Waals surface area contributed by atoms with Gasteiger partial charge in [-0.05, 0) is 25.1 Å². The minimum absolute atomic E-state index is 0.00934. The van der Waals surface area contributed by atoms with E-state index in [1.165, 1.54) is 15.8 Å². The quantitative estimate of drug-likeness (QED) is 0.740. The molecule has 0 radical (unpaired) electrons. The summed E-state index contributed by atoms with van der Waals surface area (Å²) in [4.78, 5) is 29.5. The van der Waals surface area contributed by atoms with Crippen LogP contribution in [0.3, 0.4) is 0 Å². The lowest BCUT2D eigenvalue weighted by Gasteiger charge is -2.09. The monoisotopic (exact) mass is 359 g/mol. The van der Waals surface area contributed by atoms with Gasteiger partial charge < -0.3 is 10.2 Å². The molecule has 3 rings (SSSR count). The van der Waals surface area contributed by atoms with Gasteiger partial charge in [-0.15, -0.1) is 16.4 Å². The zero-order valence-electron chi connectivity index (χ0n) is 14.0. The van der Waals surface area contributed by atoms with Gasteiger partial charge >= 0.3 is 6.03 Å². The number of carbonyl (C=O) groups excluding carboxylic acids is 2. The zero-order chi connectivity index (χ0) is 18.0. The van der Waals surface area contributed by atoms with Gasteiger partial charge in [-0.25, -0.2) is 14.5 Å². The van der Waals surface area contributed by atoms with Crippen molar-refractivity contribution in [3.8, 4) is 0 Å².